The number of carboxylic acid groups (broad SMARTS) is 1. The van der Waals surface area contributed by atoms with Gasteiger partial charge in [-0.2, -0.15) is 0 Å². The van der Waals surface area contributed by atoms with E-state index in [1.807, 2.05) is 0 Å². The van der Waals surface area contributed by atoms with Gasteiger partial charge in [0.05, 0.1) is 23.4 Å². The summed E-state index contributed by atoms with van der Waals surface area (Å²) in [7, 11) is 0. The Hall–Kier alpha value is -1.65. The standard InChI is InChI=1S/C14H13Cl2NO3/c1-14(16)13(10(15)6-7-20-14)17-11-5-3-2-4-9(11)8-12(18)19/h2-7,17H,8H2,1H3,(H,18,19). The minimum absolute atomic E-state index is 0.0935. The lowest BCUT2D eigenvalue weighted by atomic mass is 10.1. The number of para-hydroxylation sites is 1. The summed E-state index contributed by atoms with van der Waals surface area (Å²) in [6.07, 6.45) is 2.90. The first-order chi connectivity index (χ1) is 9.40. The number of hydrogen-bond donors (Lipinski definition) is 2. The van der Waals surface area contributed by atoms with Gasteiger partial charge < -0.3 is 15.2 Å². The summed E-state index contributed by atoms with van der Waals surface area (Å²) in [5.41, 5.74) is 1.74. The molecular weight excluding hydrogens is 301 g/mol. The molecule has 1 heterocycles. The lowest BCUT2D eigenvalue weighted by Crippen LogP contribution is -2.29. The summed E-state index contributed by atoms with van der Waals surface area (Å²) in [5, 5.41) is 11.3. The van der Waals surface area contributed by atoms with Gasteiger partial charge in [0.2, 0.25) is 5.06 Å². The molecule has 1 unspecified atom stereocenters. The number of hydrogen-bond acceptors (Lipinski definition) is 3. The number of benzene rings is 1. The van der Waals surface area contributed by atoms with Gasteiger partial charge in [-0.05, 0) is 24.6 Å². The fraction of sp³-hybridized carbons (Fsp3) is 0.214. The maximum atomic E-state index is 10.9. The minimum atomic E-state index is -1.12. The van der Waals surface area contributed by atoms with Gasteiger partial charge >= 0.3 is 5.97 Å². The van der Waals surface area contributed by atoms with E-state index in [0.29, 0.717) is 22.0 Å². The van der Waals surface area contributed by atoms with Crippen LogP contribution >= 0.6 is 23.2 Å². The molecule has 0 aromatic heterocycles. The van der Waals surface area contributed by atoms with Gasteiger partial charge in [-0.1, -0.05) is 41.4 Å². The largest absolute Gasteiger partial charge is 0.481 e. The molecule has 4 nitrogen and oxygen atoms in total. The molecule has 1 aromatic carbocycles. The molecule has 0 bridgehead atoms. The first-order valence-electron chi connectivity index (χ1n) is 5.90. The highest BCUT2D eigenvalue weighted by atomic mass is 35.5. The molecule has 20 heavy (non-hydrogen) atoms. The predicted octanol–water partition coefficient (Wildman–Crippen LogP) is 3.67. The average molecular weight is 314 g/mol. The summed E-state index contributed by atoms with van der Waals surface area (Å²) in [6, 6.07) is 7.07. The number of allylic oxidation sites excluding steroid dienone is 2. The second kappa shape index (κ2) is 5.77. The van der Waals surface area contributed by atoms with Crippen LogP contribution in [-0.2, 0) is 16.0 Å². The lowest BCUT2D eigenvalue weighted by molar-refractivity contribution is -0.136. The van der Waals surface area contributed by atoms with Crippen molar-refractivity contribution in [2.24, 2.45) is 0 Å². The highest BCUT2D eigenvalue weighted by Crippen LogP contribution is 2.35. The van der Waals surface area contributed by atoms with E-state index >= 15 is 0 Å². The molecule has 0 spiro atoms. The topological polar surface area (TPSA) is 58.6 Å². The smallest absolute Gasteiger partial charge is 0.307 e. The Balaban J connectivity index is 2.34. The summed E-state index contributed by atoms with van der Waals surface area (Å²) in [4.78, 5) is 10.9. The summed E-state index contributed by atoms with van der Waals surface area (Å²) in [6.45, 7) is 1.66. The Labute approximate surface area is 126 Å². The molecule has 2 rings (SSSR count). The van der Waals surface area contributed by atoms with Gasteiger partial charge in [-0.3, -0.25) is 4.79 Å². The molecule has 0 radical (unpaired) electrons. The van der Waals surface area contributed by atoms with Crippen LogP contribution in [-0.4, -0.2) is 16.1 Å². The number of aliphatic carboxylic acids is 1. The molecule has 1 aliphatic heterocycles. The van der Waals surface area contributed by atoms with Crippen LogP contribution in [0.3, 0.4) is 0 Å². The molecule has 0 aliphatic carbocycles. The van der Waals surface area contributed by atoms with Crippen molar-refractivity contribution in [3.05, 3.63) is 52.9 Å². The number of anilines is 1. The number of ether oxygens (including phenoxy) is 1. The van der Waals surface area contributed by atoms with Crippen LogP contribution in [0.2, 0.25) is 0 Å². The summed E-state index contributed by atoms with van der Waals surface area (Å²) < 4.78 is 5.31. The van der Waals surface area contributed by atoms with E-state index in [4.69, 9.17) is 33.0 Å². The van der Waals surface area contributed by atoms with Crippen LogP contribution in [0.4, 0.5) is 5.69 Å². The van der Waals surface area contributed by atoms with Crippen molar-refractivity contribution in [3.63, 3.8) is 0 Å². The molecule has 0 amide bonds. The first-order valence-corrected chi connectivity index (χ1v) is 6.66. The second-order valence-electron chi connectivity index (χ2n) is 4.41. The van der Waals surface area contributed by atoms with Crippen molar-refractivity contribution in [3.8, 4) is 0 Å². The van der Waals surface area contributed by atoms with Gasteiger partial charge in [0.1, 0.15) is 0 Å². The monoisotopic (exact) mass is 313 g/mol. The van der Waals surface area contributed by atoms with Gasteiger partial charge in [0, 0.05) is 5.69 Å². The molecule has 0 saturated heterocycles. The van der Waals surface area contributed by atoms with E-state index < -0.39 is 11.0 Å². The SMILES string of the molecule is CC1(Cl)OC=CC(Cl)=C1Nc1ccccc1CC(=O)O. The highest BCUT2D eigenvalue weighted by molar-refractivity contribution is 6.34. The van der Waals surface area contributed by atoms with Crippen molar-refractivity contribution in [1.29, 1.82) is 0 Å². The predicted molar refractivity (Wildman–Crippen MR) is 78.8 cm³/mol. The van der Waals surface area contributed by atoms with Crippen molar-refractivity contribution in [1.82, 2.24) is 0 Å². The quantitative estimate of drug-likeness (QED) is 0.833. The third-order valence-corrected chi connectivity index (χ3v) is 3.40. The highest BCUT2D eigenvalue weighted by Gasteiger charge is 2.32. The van der Waals surface area contributed by atoms with Crippen molar-refractivity contribution in [2.45, 2.75) is 18.4 Å². The van der Waals surface area contributed by atoms with Crippen LogP contribution in [0.1, 0.15) is 12.5 Å². The van der Waals surface area contributed by atoms with Gasteiger partial charge in [0.15, 0.2) is 0 Å². The Kier molecular flexibility index (Phi) is 4.26. The lowest BCUT2D eigenvalue weighted by Gasteiger charge is -2.29. The fourth-order valence-corrected chi connectivity index (χ4v) is 2.37. The van der Waals surface area contributed by atoms with Gasteiger partial charge in [0.25, 0.3) is 0 Å². The zero-order valence-electron chi connectivity index (χ0n) is 10.7. The average Bonchev–Trinajstić information content (AvgIpc) is 2.35. The maximum Gasteiger partial charge on any atom is 0.307 e. The number of carboxylic acids is 1. The summed E-state index contributed by atoms with van der Waals surface area (Å²) >= 11 is 12.4. The van der Waals surface area contributed by atoms with Crippen molar-refractivity contribution in [2.75, 3.05) is 5.32 Å². The van der Waals surface area contributed by atoms with E-state index in [1.54, 1.807) is 37.3 Å². The van der Waals surface area contributed by atoms with E-state index in [2.05, 4.69) is 5.32 Å². The molecular formula is C14H13Cl2NO3. The van der Waals surface area contributed by atoms with Gasteiger partial charge in [-0.15, -0.1) is 0 Å². The van der Waals surface area contributed by atoms with E-state index in [0.717, 1.165) is 0 Å². The molecule has 106 valence electrons. The molecule has 2 N–H and O–H groups in total. The fourth-order valence-electron chi connectivity index (χ4n) is 1.84. The molecule has 1 atom stereocenters. The Morgan fingerprint density at radius 3 is 2.80 bits per heavy atom. The maximum absolute atomic E-state index is 10.9. The Morgan fingerprint density at radius 1 is 1.45 bits per heavy atom. The van der Waals surface area contributed by atoms with Crippen LogP contribution in [0.5, 0.6) is 0 Å². The first kappa shape index (κ1) is 14.8. The zero-order valence-corrected chi connectivity index (χ0v) is 12.2. The molecule has 0 fully saturated rings. The third-order valence-electron chi connectivity index (χ3n) is 2.81. The normalized spacial score (nSPS) is 21.6. The number of nitrogens with one attached hydrogen (secondary N) is 1. The van der Waals surface area contributed by atoms with Crippen LogP contribution < -0.4 is 5.32 Å². The molecule has 1 aromatic rings. The summed E-state index contributed by atoms with van der Waals surface area (Å²) in [5.74, 6) is -0.909. The van der Waals surface area contributed by atoms with E-state index in [1.165, 1.54) is 6.26 Å². The minimum Gasteiger partial charge on any atom is -0.481 e. The zero-order chi connectivity index (χ0) is 14.8. The molecule has 1 aliphatic rings. The number of rotatable bonds is 4. The Morgan fingerprint density at radius 2 is 2.15 bits per heavy atom. The number of alkyl halides is 1. The van der Waals surface area contributed by atoms with Gasteiger partial charge in [-0.25, -0.2) is 0 Å². The molecule has 0 saturated carbocycles. The Bertz CT molecular complexity index is 594. The van der Waals surface area contributed by atoms with Crippen LogP contribution in [0.25, 0.3) is 0 Å². The third kappa shape index (κ3) is 3.26. The second-order valence-corrected chi connectivity index (χ2v) is 5.54. The van der Waals surface area contributed by atoms with Crippen LogP contribution in [0.15, 0.2) is 47.3 Å². The number of carbonyl (C=O) groups is 1. The van der Waals surface area contributed by atoms with Crippen molar-refractivity contribution >= 4 is 34.9 Å². The van der Waals surface area contributed by atoms with E-state index in [-0.39, 0.29) is 6.42 Å². The van der Waals surface area contributed by atoms with Crippen LogP contribution in [0, 0.1) is 0 Å². The van der Waals surface area contributed by atoms with Crippen molar-refractivity contribution < 1.29 is 14.6 Å². The molecule has 6 heteroatoms. The van der Waals surface area contributed by atoms with E-state index in [9.17, 15) is 4.79 Å². The number of halogens is 2.